The van der Waals surface area contributed by atoms with Crippen LogP contribution in [-0.4, -0.2) is 24.8 Å². The van der Waals surface area contributed by atoms with Gasteiger partial charge < -0.3 is 20.1 Å². The van der Waals surface area contributed by atoms with Crippen LogP contribution in [0.1, 0.15) is 65.4 Å². The van der Waals surface area contributed by atoms with E-state index in [2.05, 4.69) is 54.0 Å². The van der Waals surface area contributed by atoms with Crippen molar-refractivity contribution in [3.63, 3.8) is 0 Å². The minimum Gasteiger partial charge on any atom is -0.457 e. The minimum absolute atomic E-state index is 0.0572. The lowest BCUT2D eigenvalue weighted by Crippen LogP contribution is -2.39. The van der Waals surface area contributed by atoms with E-state index >= 15 is 0 Å². The molecule has 0 saturated heterocycles. The van der Waals surface area contributed by atoms with Crippen LogP contribution in [0, 0.1) is 5.41 Å². The lowest BCUT2D eigenvalue weighted by atomic mass is 9.77. The summed E-state index contributed by atoms with van der Waals surface area (Å²) in [5, 5.41) is 6.32. The van der Waals surface area contributed by atoms with Crippen molar-refractivity contribution in [2.75, 3.05) is 18.4 Å². The van der Waals surface area contributed by atoms with Crippen LogP contribution in [-0.2, 0) is 11.2 Å². The maximum atomic E-state index is 11.7. The molecule has 5 nitrogen and oxygen atoms in total. The Morgan fingerprint density at radius 3 is 2.58 bits per heavy atom. The molecule has 0 spiro atoms. The second-order valence-electron chi connectivity index (χ2n) is 10.6. The topological polar surface area (TPSA) is 59.6 Å². The Hall–Kier alpha value is -3.21. The molecular weight excluding hydrogens is 448 g/mol. The smallest absolute Gasteiger partial charge is 0.407 e. The summed E-state index contributed by atoms with van der Waals surface area (Å²) in [6.07, 6.45) is 15.0. The van der Waals surface area contributed by atoms with Gasteiger partial charge in [-0.15, -0.1) is 0 Å². The van der Waals surface area contributed by atoms with E-state index < -0.39 is 5.60 Å². The van der Waals surface area contributed by atoms with Crippen LogP contribution in [0.2, 0.25) is 0 Å². The third kappa shape index (κ3) is 9.10. The van der Waals surface area contributed by atoms with Crippen molar-refractivity contribution in [1.29, 1.82) is 0 Å². The van der Waals surface area contributed by atoms with Gasteiger partial charge >= 0.3 is 6.09 Å². The summed E-state index contributed by atoms with van der Waals surface area (Å²) in [5.74, 6) is 1.77. The van der Waals surface area contributed by atoms with Crippen LogP contribution in [0.25, 0.3) is 0 Å². The molecule has 1 unspecified atom stereocenters. The zero-order valence-corrected chi connectivity index (χ0v) is 22.3. The van der Waals surface area contributed by atoms with E-state index in [0.717, 1.165) is 37.3 Å². The molecule has 1 aliphatic carbocycles. The number of benzene rings is 2. The molecule has 36 heavy (non-hydrogen) atoms. The van der Waals surface area contributed by atoms with Gasteiger partial charge in [0.15, 0.2) is 0 Å². The van der Waals surface area contributed by atoms with Gasteiger partial charge in [-0.2, -0.15) is 0 Å². The fourth-order valence-electron chi connectivity index (χ4n) is 4.33. The van der Waals surface area contributed by atoms with Crippen molar-refractivity contribution in [2.45, 2.75) is 71.8 Å². The molecule has 194 valence electrons. The molecular formula is C31H42N2O3. The van der Waals surface area contributed by atoms with Gasteiger partial charge in [-0.3, -0.25) is 0 Å². The number of hydrogen-bond acceptors (Lipinski definition) is 4. The van der Waals surface area contributed by atoms with Crippen molar-refractivity contribution >= 4 is 11.8 Å². The van der Waals surface area contributed by atoms with Crippen LogP contribution in [0.3, 0.4) is 0 Å². The van der Waals surface area contributed by atoms with E-state index in [9.17, 15) is 4.79 Å². The zero-order valence-electron chi connectivity index (χ0n) is 22.3. The van der Waals surface area contributed by atoms with Crippen molar-refractivity contribution in [3.8, 4) is 11.5 Å². The highest BCUT2D eigenvalue weighted by Gasteiger charge is 2.28. The number of unbranched alkanes of at least 4 members (excludes halogenated alkanes) is 1. The van der Waals surface area contributed by atoms with Crippen molar-refractivity contribution < 1.29 is 14.3 Å². The SMILES string of the molecule is CCCCC1(CNC(=O)OC(C)(C)C)C=CC=CC1.c1ccc(Oc2ccc3c(c2)NCCC3)cc1. The second-order valence-corrected chi connectivity index (χ2v) is 10.6. The molecule has 2 aliphatic rings. The minimum atomic E-state index is -0.441. The monoisotopic (exact) mass is 490 g/mol. The molecule has 2 N–H and O–H groups in total. The molecule has 1 aliphatic heterocycles. The summed E-state index contributed by atoms with van der Waals surface area (Å²) >= 11 is 0. The van der Waals surface area contributed by atoms with E-state index in [-0.39, 0.29) is 11.5 Å². The molecule has 0 aromatic heterocycles. The maximum Gasteiger partial charge on any atom is 0.407 e. The molecule has 2 aromatic carbocycles. The first-order valence-corrected chi connectivity index (χ1v) is 13.2. The fourth-order valence-corrected chi connectivity index (χ4v) is 4.33. The number of carbonyl (C=O) groups is 1. The van der Waals surface area contributed by atoms with Crippen molar-refractivity contribution in [3.05, 3.63) is 78.4 Å². The van der Waals surface area contributed by atoms with Gasteiger partial charge in [-0.05, 0) is 70.2 Å². The lowest BCUT2D eigenvalue weighted by molar-refractivity contribution is 0.0507. The van der Waals surface area contributed by atoms with Crippen LogP contribution in [0.5, 0.6) is 11.5 Å². The first kappa shape index (κ1) is 27.4. The Kier molecular flexibility index (Phi) is 10.0. The first-order chi connectivity index (χ1) is 17.3. The highest BCUT2D eigenvalue weighted by atomic mass is 16.6. The van der Waals surface area contributed by atoms with Crippen LogP contribution < -0.4 is 15.4 Å². The van der Waals surface area contributed by atoms with Crippen molar-refractivity contribution in [2.24, 2.45) is 5.41 Å². The molecule has 0 radical (unpaired) electrons. The van der Waals surface area contributed by atoms with Crippen LogP contribution in [0.15, 0.2) is 72.8 Å². The molecule has 1 amide bonds. The molecule has 1 atom stereocenters. The summed E-state index contributed by atoms with van der Waals surface area (Å²) in [7, 11) is 0. The number of hydrogen-bond donors (Lipinski definition) is 2. The largest absolute Gasteiger partial charge is 0.457 e. The second kappa shape index (κ2) is 13.2. The Morgan fingerprint density at radius 1 is 1.08 bits per heavy atom. The third-order valence-corrected chi connectivity index (χ3v) is 6.23. The van der Waals surface area contributed by atoms with Crippen LogP contribution in [0.4, 0.5) is 10.5 Å². The predicted molar refractivity (Wildman–Crippen MR) is 149 cm³/mol. The number of ether oxygens (including phenoxy) is 2. The number of rotatable bonds is 7. The Morgan fingerprint density at radius 2 is 1.89 bits per heavy atom. The molecule has 4 rings (SSSR count). The average Bonchev–Trinajstić information content (AvgIpc) is 2.87. The van der Waals surface area contributed by atoms with Gasteiger partial charge in [0.05, 0.1) is 0 Å². The first-order valence-electron chi connectivity index (χ1n) is 13.2. The van der Waals surface area contributed by atoms with Gasteiger partial charge in [-0.1, -0.05) is 68.3 Å². The molecule has 0 saturated carbocycles. The van der Waals surface area contributed by atoms with E-state index in [1.807, 2.05) is 57.2 Å². The number of aryl methyl sites for hydroxylation is 1. The Labute approximate surface area is 217 Å². The molecule has 1 heterocycles. The number of alkyl carbamates (subject to hydrolysis) is 1. The van der Waals surface area contributed by atoms with Gasteiger partial charge in [0.25, 0.3) is 0 Å². The predicted octanol–water partition coefficient (Wildman–Crippen LogP) is 8.04. The lowest BCUT2D eigenvalue weighted by Gasteiger charge is -2.32. The maximum absolute atomic E-state index is 11.7. The summed E-state index contributed by atoms with van der Waals surface area (Å²) < 4.78 is 11.1. The standard InChI is InChI=1S/C16H27NO2.C15H15NO/c1-5-6-10-16(11-8-7-9-12-16)13-17-14(18)19-15(2,3)4;1-2-6-13(7-3-1)17-14-9-8-12-5-4-10-16-15(12)11-14/h7-9,11H,5-6,10,12-13H2,1-4H3,(H,17,18);1-3,6-9,11,16H,4-5,10H2. The number of para-hydroxylation sites is 1. The van der Waals surface area contributed by atoms with E-state index in [4.69, 9.17) is 9.47 Å². The van der Waals surface area contributed by atoms with E-state index in [0.29, 0.717) is 6.54 Å². The Balaban J connectivity index is 0.000000201. The highest BCUT2D eigenvalue weighted by Crippen LogP contribution is 2.33. The fraction of sp³-hybridized carbons (Fsp3) is 0.452. The van der Waals surface area contributed by atoms with E-state index in [1.54, 1.807) is 0 Å². The molecule has 0 fully saturated rings. The van der Waals surface area contributed by atoms with Gasteiger partial charge in [-0.25, -0.2) is 4.79 Å². The summed E-state index contributed by atoms with van der Waals surface area (Å²) in [5.41, 5.74) is 2.21. The molecule has 2 aromatic rings. The Bertz CT molecular complexity index is 1020. The normalized spacial score (nSPS) is 18.2. The summed E-state index contributed by atoms with van der Waals surface area (Å²) in [6.45, 7) is 9.52. The van der Waals surface area contributed by atoms with Gasteiger partial charge in [0.2, 0.25) is 0 Å². The number of carbonyl (C=O) groups excluding carboxylic acids is 1. The number of nitrogens with one attached hydrogen (secondary N) is 2. The number of amides is 1. The summed E-state index contributed by atoms with van der Waals surface area (Å²) in [4.78, 5) is 11.7. The van der Waals surface area contributed by atoms with Crippen molar-refractivity contribution in [1.82, 2.24) is 5.32 Å². The molecule has 0 bridgehead atoms. The van der Waals surface area contributed by atoms with Crippen LogP contribution >= 0.6 is 0 Å². The van der Waals surface area contributed by atoms with Gasteiger partial charge in [0.1, 0.15) is 17.1 Å². The number of allylic oxidation sites excluding steroid dienone is 3. The highest BCUT2D eigenvalue weighted by molar-refractivity contribution is 5.67. The quantitative estimate of drug-likeness (QED) is 0.412. The van der Waals surface area contributed by atoms with Gasteiger partial charge in [0, 0.05) is 30.3 Å². The summed E-state index contributed by atoms with van der Waals surface area (Å²) in [6, 6.07) is 16.2. The number of anilines is 1. The number of fused-ring (bicyclic) bond motifs is 1. The van der Waals surface area contributed by atoms with E-state index in [1.165, 1.54) is 30.5 Å². The molecule has 5 heteroatoms. The zero-order chi connectivity index (χ0) is 25.9. The third-order valence-electron chi connectivity index (χ3n) is 6.23. The average molecular weight is 491 g/mol.